The molecule has 3 heterocycles. The van der Waals surface area contributed by atoms with Gasteiger partial charge in [-0.2, -0.15) is 5.10 Å². The van der Waals surface area contributed by atoms with Gasteiger partial charge in [0.1, 0.15) is 5.76 Å². The van der Waals surface area contributed by atoms with Crippen molar-refractivity contribution in [1.82, 2.24) is 15.1 Å². The molecular weight excluding hydrogens is 284 g/mol. The summed E-state index contributed by atoms with van der Waals surface area (Å²) in [6.45, 7) is 1.13. The largest absolute Gasteiger partial charge is 0.468 e. The van der Waals surface area contributed by atoms with E-state index >= 15 is 0 Å². The highest BCUT2D eigenvalue weighted by Gasteiger charge is 2.35. The van der Waals surface area contributed by atoms with Crippen LogP contribution in [0.2, 0.25) is 0 Å². The SMILES string of the molecule is COC[C@@H](N[C@@H]1CCN(c2cnn(C)c2)C1=O)c1ccco1. The number of hydrogen-bond donors (Lipinski definition) is 1. The number of nitrogens with zero attached hydrogens (tertiary/aromatic N) is 3. The van der Waals surface area contributed by atoms with Gasteiger partial charge in [0.15, 0.2) is 0 Å². The Bertz CT molecular complexity index is 623. The molecule has 1 aliphatic heterocycles. The average molecular weight is 304 g/mol. The Morgan fingerprint density at radius 1 is 1.59 bits per heavy atom. The van der Waals surface area contributed by atoms with E-state index in [4.69, 9.17) is 9.15 Å². The topological polar surface area (TPSA) is 72.5 Å². The molecular formula is C15H20N4O3. The highest BCUT2D eigenvalue weighted by Crippen LogP contribution is 2.23. The number of rotatable bonds is 6. The van der Waals surface area contributed by atoms with E-state index in [2.05, 4.69) is 10.4 Å². The number of furan rings is 1. The summed E-state index contributed by atoms with van der Waals surface area (Å²) in [7, 11) is 3.47. The van der Waals surface area contributed by atoms with Gasteiger partial charge in [0.25, 0.3) is 0 Å². The van der Waals surface area contributed by atoms with E-state index in [9.17, 15) is 4.79 Å². The summed E-state index contributed by atoms with van der Waals surface area (Å²) < 4.78 is 12.3. The Morgan fingerprint density at radius 3 is 3.09 bits per heavy atom. The van der Waals surface area contributed by atoms with Crippen LogP contribution in [-0.2, 0) is 16.6 Å². The van der Waals surface area contributed by atoms with Gasteiger partial charge in [-0.05, 0) is 18.6 Å². The summed E-state index contributed by atoms with van der Waals surface area (Å²) in [6, 6.07) is 3.33. The predicted molar refractivity (Wildman–Crippen MR) is 80.4 cm³/mol. The quantitative estimate of drug-likeness (QED) is 0.865. The van der Waals surface area contributed by atoms with Crippen molar-refractivity contribution in [2.75, 3.05) is 25.2 Å². The summed E-state index contributed by atoms with van der Waals surface area (Å²) in [6.07, 6.45) is 5.92. The van der Waals surface area contributed by atoms with Crippen LogP contribution in [0.4, 0.5) is 5.69 Å². The Balaban J connectivity index is 1.69. The van der Waals surface area contributed by atoms with Crippen molar-refractivity contribution in [3.8, 4) is 0 Å². The van der Waals surface area contributed by atoms with Crippen LogP contribution in [0.5, 0.6) is 0 Å². The van der Waals surface area contributed by atoms with E-state index in [1.807, 2.05) is 25.4 Å². The standard InChI is InChI=1S/C15H20N4O3/c1-18-9-11(8-16-18)19-6-5-12(15(19)20)17-13(10-21-2)14-4-3-7-22-14/h3-4,7-9,12-13,17H,5-6,10H2,1-2H3/t12-,13-/m1/s1. The number of aryl methyl sites for hydroxylation is 1. The Labute approximate surface area is 128 Å². The maximum absolute atomic E-state index is 12.6. The number of carbonyl (C=O) groups excluding carboxylic acids is 1. The second kappa shape index (κ2) is 6.33. The molecule has 1 amide bonds. The van der Waals surface area contributed by atoms with Crippen LogP contribution in [0.25, 0.3) is 0 Å². The maximum atomic E-state index is 12.6. The normalized spacial score (nSPS) is 19.8. The van der Waals surface area contributed by atoms with E-state index < -0.39 is 0 Å². The first-order valence-electron chi connectivity index (χ1n) is 7.27. The zero-order chi connectivity index (χ0) is 15.5. The minimum Gasteiger partial charge on any atom is -0.468 e. The van der Waals surface area contributed by atoms with Gasteiger partial charge in [-0.25, -0.2) is 0 Å². The number of hydrogen-bond acceptors (Lipinski definition) is 5. The van der Waals surface area contributed by atoms with Crippen molar-refractivity contribution < 1.29 is 13.9 Å². The number of ether oxygens (including phenoxy) is 1. The van der Waals surface area contributed by atoms with Gasteiger partial charge in [0.05, 0.1) is 36.8 Å². The molecule has 7 heteroatoms. The first-order valence-corrected chi connectivity index (χ1v) is 7.27. The second-order valence-electron chi connectivity index (χ2n) is 5.39. The molecule has 1 saturated heterocycles. The molecule has 2 aromatic rings. The first kappa shape index (κ1) is 14.8. The number of nitrogens with one attached hydrogen (secondary N) is 1. The Morgan fingerprint density at radius 2 is 2.45 bits per heavy atom. The lowest BCUT2D eigenvalue weighted by molar-refractivity contribution is -0.119. The summed E-state index contributed by atoms with van der Waals surface area (Å²) in [4.78, 5) is 14.3. The van der Waals surface area contributed by atoms with Crippen molar-refractivity contribution in [3.05, 3.63) is 36.5 Å². The van der Waals surface area contributed by atoms with E-state index in [1.165, 1.54) is 0 Å². The minimum absolute atomic E-state index is 0.0562. The third-order valence-electron chi connectivity index (χ3n) is 3.83. The zero-order valence-corrected chi connectivity index (χ0v) is 12.7. The highest BCUT2D eigenvalue weighted by atomic mass is 16.5. The van der Waals surface area contributed by atoms with Gasteiger partial charge in [0.2, 0.25) is 5.91 Å². The van der Waals surface area contributed by atoms with Crippen LogP contribution >= 0.6 is 0 Å². The lowest BCUT2D eigenvalue weighted by atomic mass is 10.1. The van der Waals surface area contributed by atoms with E-state index in [1.54, 1.807) is 29.2 Å². The van der Waals surface area contributed by atoms with Gasteiger partial charge >= 0.3 is 0 Å². The first-order chi connectivity index (χ1) is 10.7. The molecule has 0 aliphatic carbocycles. The van der Waals surface area contributed by atoms with Crippen molar-refractivity contribution in [1.29, 1.82) is 0 Å². The monoisotopic (exact) mass is 304 g/mol. The van der Waals surface area contributed by atoms with E-state index in [0.29, 0.717) is 13.2 Å². The number of anilines is 1. The summed E-state index contributed by atoms with van der Waals surface area (Å²) in [5.74, 6) is 0.829. The van der Waals surface area contributed by atoms with Crippen LogP contribution in [-0.4, -0.2) is 42.0 Å². The molecule has 0 saturated carbocycles. The molecule has 0 bridgehead atoms. The lowest BCUT2D eigenvalue weighted by Crippen LogP contribution is -2.41. The third-order valence-corrected chi connectivity index (χ3v) is 3.83. The van der Waals surface area contributed by atoms with E-state index in [0.717, 1.165) is 17.9 Å². The fourth-order valence-corrected chi connectivity index (χ4v) is 2.75. The van der Waals surface area contributed by atoms with Crippen LogP contribution in [0.3, 0.4) is 0 Å². The molecule has 7 nitrogen and oxygen atoms in total. The average Bonchev–Trinajstić information content (AvgIpc) is 3.21. The molecule has 0 spiro atoms. The van der Waals surface area contributed by atoms with Crippen molar-refractivity contribution >= 4 is 11.6 Å². The van der Waals surface area contributed by atoms with Crippen molar-refractivity contribution in [3.63, 3.8) is 0 Å². The van der Waals surface area contributed by atoms with Crippen molar-refractivity contribution in [2.24, 2.45) is 7.05 Å². The minimum atomic E-state index is -0.245. The lowest BCUT2D eigenvalue weighted by Gasteiger charge is -2.20. The third kappa shape index (κ3) is 2.90. The Kier molecular flexibility index (Phi) is 4.26. The predicted octanol–water partition coefficient (Wildman–Crippen LogP) is 1.10. The molecule has 2 atom stereocenters. The van der Waals surface area contributed by atoms with Gasteiger partial charge in [-0.3, -0.25) is 14.8 Å². The van der Waals surface area contributed by atoms with Gasteiger partial charge in [-0.15, -0.1) is 0 Å². The zero-order valence-electron chi connectivity index (χ0n) is 12.7. The number of aromatic nitrogens is 2. The fourth-order valence-electron chi connectivity index (χ4n) is 2.75. The summed E-state index contributed by atoms with van der Waals surface area (Å²) in [5.41, 5.74) is 0.832. The highest BCUT2D eigenvalue weighted by molar-refractivity contribution is 5.99. The van der Waals surface area contributed by atoms with Gasteiger partial charge in [-0.1, -0.05) is 0 Å². The van der Waals surface area contributed by atoms with Crippen LogP contribution in [0.1, 0.15) is 18.2 Å². The number of carbonyl (C=O) groups is 1. The Hall–Kier alpha value is -2.12. The van der Waals surface area contributed by atoms with Gasteiger partial charge < -0.3 is 14.1 Å². The van der Waals surface area contributed by atoms with Crippen LogP contribution in [0.15, 0.2) is 35.2 Å². The molecule has 118 valence electrons. The molecule has 0 unspecified atom stereocenters. The van der Waals surface area contributed by atoms with Crippen LogP contribution < -0.4 is 10.2 Å². The molecule has 0 aromatic carbocycles. The second-order valence-corrected chi connectivity index (χ2v) is 5.39. The smallest absolute Gasteiger partial charge is 0.244 e. The van der Waals surface area contributed by atoms with Gasteiger partial charge in [0, 0.05) is 26.9 Å². The molecule has 3 rings (SSSR count). The van der Waals surface area contributed by atoms with E-state index in [-0.39, 0.29) is 18.0 Å². The summed E-state index contributed by atoms with van der Waals surface area (Å²) >= 11 is 0. The molecule has 2 aromatic heterocycles. The summed E-state index contributed by atoms with van der Waals surface area (Å²) in [5, 5.41) is 7.46. The number of methoxy groups -OCH3 is 1. The molecule has 1 aliphatic rings. The molecule has 0 radical (unpaired) electrons. The maximum Gasteiger partial charge on any atom is 0.244 e. The number of amides is 1. The molecule has 22 heavy (non-hydrogen) atoms. The molecule has 1 N–H and O–H groups in total. The molecule has 1 fully saturated rings. The van der Waals surface area contributed by atoms with Crippen molar-refractivity contribution in [2.45, 2.75) is 18.5 Å². The van der Waals surface area contributed by atoms with Crippen LogP contribution in [0, 0.1) is 0 Å². The fraction of sp³-hybridized carbons (Fsp3) is 0.467.